The van der Waals surface area contributed by atoms with Gasteiger partial charge >= 0.3 is 5.97 Å². The van der Waals surface area contributed by atoms with Crippen LogP contribution in [0.25, 0.3) is 0 Å². The number of methoxy groups -OCH3 is 1. The van der Waals surface area contributed by atoms with Crippen molar-refractivity contribution in [1.82, 2.24) is 4.90 Å². The normalized spacial score (nSPS) is 17.0. The van der Waals surface area contributed by atoms with Crippen molar-refractivity contribution in [3.8, 4) is 5.75 Å². The van der Waals surface area contributed by atoms with Gasteiger partial charge in [0.1, 0.15) is 5.75 Å². The van der Waals surface area contributed by atoms with E-state index in [2.05, 4.69) is 0 Å². The van der Waals surface area contributed by atoms with E-state index in [-0.39, 0.29) is 43.8 Å². The van der Waals surface area contributed by atoms with E-state index < -0.39 is 11.9 Å². The van der Waals surface area contributed by atoms with Crippen LogP contribution in [0.3, 0.4) is 0 Å². The monoisotopic (exact) mass is 348 g/mol. The molecule has 1 aromatic rings. The number of para-hydroxylation sites is 2. The number of carboxylic acid groups (broad SMARTS) is 1. The number of hydrogen-bond acceptors (Lipinski definition) is 4. The van der Waals surface area contributed by atoms with E-state index in [0.717, 1.165) is 0 Å². The minimum absolute atomic E-state index is 0.110. The van der Waals surface area contributed by atoms with Crippen LogP contribution in [0.5, 0.6) is 5.75 Å². The van der Waals surface area contributed by atoms with Crippen LogP contribution in [-0.4, -0.2) is 54.0 Å². The average Bonchev–Trinajstić information content (AvgIpc) is 2.95. The number of amides is 2. The Balaban J connectivity index is 2.15. The fourth-order valence-electron chi connectivity index (χ4n) is 3.03. The van der Waals surface area contributed by atoms with Crippen molar-refractivity contribution in [1.29, 1.82) is 0 Å². The molecule has 2 rings (SSSR count). The third-order valence-corrected chi connectivity index (χ3v) is 4.32. The molecule has 1 aliphatic rings. The Morgan fingerprint density at radius 2 is 2.04 bits per heavy atom. The topological polar surface area (TPSA) is 87.2 Å². The van der Waals surface area contributed by atoms with E-state index in [0.29, 0.717) is 11.4 Å². The maximum absolute atomic E-state index is 12.8. The third kappa shape index (κ3) is 4.29. The van der Waals surface area contributed by atoms with Crippen molar-refractivity contribution in [3.63, 3.8) is 0 Å². The summed E-state index contributed by atoms with van der Waals surface area (Å²) in [4.78, 5) is 39.1. The van der Waals surface area contributed by atoms with Gasteiger partial charge in [0.25, 0.3) is 0 Å². The van der Waals surface area contributed by atoms with Crippen molar-refractivity contribution in [2.75, 3.05) is 25.1 Å². The van der Waals surface area contributed by atoms with Crippen LogP contribution in [0.15, 0.2) is 24.3 Å². The predicted octanol–water partition coefficient (Wildman–Crippen LogP) is 1.76. The highest BCUT2D eigenvalue weighted by atomic mass is 16.5. The smallest absolute Gasteiger partial charge is 0.305 e. The van der Waals surface area contributed by atoms with Gasteiger partial charge in [0.2, 0.25) is 11.8 Å². The van der Waals surface area contributed by atoms with Crippen LogP contribution < -0.4 is 9.64 Å². The quantitative estimate of drug-likeness (QED) is 0.811. The van der Waals surface area contributed by atoms with Crippen LogP contribution in [-0.2, 0) is 14.4 Å². The molecule has 2 amide bonds. The second kappa shape index (κ2) is 8.00. The van der Waals surface area contributed by atoms with Crippen LogP contribution >= 0.6 is 0 Å². The fourth-order valence-corrected chi connectivity index (χ4v) is 3.03. The molecule has 7 nitrogen and oxygen atoms in total. The highest BCUT2D eigenvalue weighted by molar-refractivity contribution is 6.01. The summed E-state index contributed by atoms with van der Waals surface area (Å²) < 4.78 is 5.30. The van der Waals surface area contributed by atoms with Crippen molar-refractivity contribution >= 4 is 23.5 Å². The van der Waals surface area contributed by atoms with E-state index in [9.17, 15) is 14.4 Å². The Bertz CT molecular complexity index is 659. The fraction of sp³-hybridized carbons (Fsp3) is 0.500. The van der Waals surface area contributed by atoms with Crippen molar-refractivity contribution in [2.24, 2.45) is 5.92 Å². The first-order valence-electron chi connectivity index (χ1n) is 8.30. The molecule has 0 aromatic heterocycles. The maximum Gasteiger partial charge on any atom is 0.305 e. The molecule has 1 atom stereocenters. The Morgan fingerprint density at radius 1 is 1.36 bits per heavy atom. The van der Waals surface area contributed by atoms with Gasteiger partial charge in [-0.1, -0.05) is 12.1 Å². The largest absolute Gasteiger partial charge is 0.495 e. The van der Waals surface area contributed by atoms with Crippen LogP contribution in [0.1, 0.15) is 26.7 Å². The number of benzene rings is 1. The van der Waals surface area contributed by atoms with Crippen LogP contribution in [0.2, 0.25) is 0 Å². The molecule has 1 aromatic carbocycles. The summed E-state index contributed by atoms with van der Waals surface area (Å²) in [7, 11) is 1.54. The van der Waals surface area contributed by atoms with Gasteiger partial charge in [-0.15, -0.1) is 0 Å². The average molecular weight is 348 g/mol. The van der Waals surface area contributed by atoms with E-state index in [1.54, 1.807) is 17.0 Å². The number of rotatable bonds is 7. The van der Waals surface area contributed by atoms with E-state index >= 15 is 0 Å². The van der Waals surface area contributed by atoms with Gasteiger partial charge in [-0.05, 0) is 26.0 Å². The maximum atomic E-state index is 12.8. The van der Waals surface area contributed by atoms with Gasteiger partial charge in [-0.2, -0.15) is 0 Å². The van der Waals surface area contributed by atoms with Gasteiger partial charge < -0.3 is 19.6 Å². The predicted molar refractivity (Wildman–Crippen MR) is 92.6 cm³/mol. The summed E-state index contributed by atoms with van der Waals surface area (Å²) in [5, 5.41) is 8.87. The molecule has 0 bridgehead atoms. The summed E-state index contributed by atoms with van der Waals surface area (Å²) in [6.07, 6.45) is 0.00792. The SMILES string of the molecule is COc1ccccc1N1CC(C(=O)N(CCC(=O)O)C(C)C)CC1=O. The summed E-state index contributed by atoms with van der Waals surface area (Å²) in [6.45, 7) is 4.10. The second-order valence-corrected chi connectivity index (χ2v) is 6.35. The molecule has 1 unspecified atom stereocenters. The zero-order valence-electron chi connectivity index (χ0n) is 14.8. The van der Waals surface area contributed by atoms with Gasteiger partial charge in [0.05, 0.1) is 25.1 Å². The van der Waals surface area contributed by atoms with Crippen LogP contribution in [0.4, 0.5) is 5.69 Å². The molecule has 136 valence electrons. The number of aliphatic carboxylic acids is 1. The van der Waals surface area contributed by atoms with Gasteiger partial charge in [-0.25, -0.2) is 0 Å². The van der Waals surface area contributed by atoms with Gasteiger partial charge in [0, 0.05) is 25.6 Å². The van der Waals surface area contributed by atoms with Gasteiger partial charge in [-0.3, -0.25) is 14.4 Å². The lowest BCUT2D eigenvalue weighted by Gasteiger charge is -2.29. The lowest BCUT2D eigenvalue weighted by molar-refractivity contribution is -0.141. The Hall–Kier alpha value is -2.57. The molecule has 0 aliphatic carbocycles. The van der Waals surface area contributed by atoms with E-state index in [4.69, 9.17) is 9.84 Å². The number of anilines is 1. The second-order valence-electron chi connectivity index (χ2n) is 6.35. The molecular formula is C18H24N2O5. The lowest BCUT2D eigenvalue weighted by atomic mass is 10.1. The van der Waals surface area contributed by atoms with Gasteiger partial charge in [0.15, 0.2) is 0 Å². The Labute approximate surface area is 147 Å². The summed E-state index contributed by atoms with van der Waals surface area (Å²) in [5.41, 5.74) is 0.645. The first kappa shape index (κ1) is 18.8. The molecule has 1 N–H and O–H groups in total. The molecule has 7 heteroatoms. The molecule has 1 fully saturated rings. The summed E-state index contributed by atoms with van der Waals surface area (Å²) in [6, 6.07) is 7.06. The summed E-state index contributed by atoms with van der Waals surface area (Å²) in [5.74, 6) is -1.16. The number of carbonyl (C=O) groups is 3. The van der Waals surface area contributed by atoms with Crippen molar-refractivity contribution in [3.05, 3.63) is 24.3 Å². The molecule has 0 radical (unpaired) electrons. The molecule has 1 heterocycles. The third-order valence-electron chi connectivity index (χ3n) is 4.32. The van der Waals surface area contributed by atoms with Crippen molar-refractivity contribution < 1.29 is 24.2 Å². The molecule has 25 heavy (non-hydrogen) atoms. The van der Waals surface area contributed by atoms with Crippen molar-refractivity contribution in [2.45, 2.75) is 32.7 Å². The Kier molecular flexibility index (Phi) is 6.01. The minimum atomic E-state index is -0.948. The molecule has 0 saturated carbocycles. The number of carbonyl (C=O) groups excluding carboxylic acids is 2. The first-order valence-corrected chi connectivity index (χ1v) is 8.30. The Morgan fingerprint density at radius 3 is 2.64 bits per heavy atom. The number of nitrogens with zero attached hydrogens (tertiary/aromatic N) is 2. The lowest BCUT2D eigenvalue weighted by Crippen LogP contribution is -2.43. The summed E-state index contributed by atoms with van der Waals surface area (Å²) >= 11 is 0. The molecule has 0 spiro atoms. The van der Waals surface area contributed by atoms with E-state index in [1.807, 2.05) is 26.0 Å². The molecular weight excluding hydrogens is 324 g/mol. The molecule has 1 aliphatic heterocycles. The van der Waals surface area contributed by atoms with E-state index in [1.165, 1.54) is 12.0 Å². The zero-order valence-corrected chi connectivity index (χ0v) is 14.8. The number of ether oxygens (including phenoxy) is 1. The number of hydrogen-bond donors (Lipinski definition) is 1. The minimum Gasteiger partial charge on any atom is -0.495 e. The number of carboxylic acids is 1. The molecule has 1 saturated heterocycles. The zero-order chi connectivity index (χ0) is 18.6. The van der Waals surface area contributed by atoms with Crippen LogP contribution in [0, 0.1) is 5.92 Å². The highest BCUT2D eigenvalue weighted by Gasteiger charge is 2.38. The standard InChI is InChI=1S/C18H24N2O5/c1-12(2)19(9-8-17(22)23)18(24)13-10-16(21)20(11-13)14-6-4-5-7-15(14)25-3/h4-7,12-13H,8-11H2,1-3H3,(H,22,23). The highest BCUT2D eigenvalue weighted by Crippen LogP contribution is 2.33. The first-order chi connectivity index (χ1) is 11.8.